The number of amides is 1. The van der Waals surface area contributed by atoms with E-state index in [2.05, 4.69) is 10.3 Å². The van der Waals surface area contributed by atoms with E-state index in [9.17, 15) is 13.2 Å². The van der Waals surface area contributed by atoms with Gasteiger partial charge < -0.3 is 5.32 Å². The highest BCUT2D eigenvalue weighted by Crippen LogP contribution is 2.36. The molecule has 24 heavy (non-hydrogen) atoms. The van der Waals surface area contributed by atoms with Crippen molar-refractivity contribution in [3.8, 4) is 0 Å². The lowest BCUT2D eigenvalue weighted by Gasteiger charge is -2.25. The molecule has 1 heterocycles. The van der Waals surface area contributed by atoms with E-state index in [1.807, 2.05) is 30.3 Å². The highest BCUT2D eigenvalue weighted by molar-refractivity contribution is 7.92. The van der Waals surface area contributed by atoms with Gasteiger partial charge in [0.05, 0.1) is 5.52 Å². The van der Waals surface area contributed by atoms with Gasteiger partial charge in [-0.1, -0.05) is 37.1 Å². The molecule has 1 N–H and O–H groups in total. The Kier molecular flexibility index (Phi) is 4.58. The molecule has 0 saturated heterocycles. The van der Waals surface area contributed by atoms with Crippen molar-refractivity contribution >= 4 is 26.6 Å². The summed E-state index contributed by atoms with van der Waals surface area (Å²) in [7, 11) is -3.42. The predicted molar refractivity (Wildman–Crippen MR) is 94.5 cm³/mol. The first kappa shape index (κ1) is 16.9. The van der Waals surface area contributed by atoms with Crippen LogP contribution in [0, 0.1) is 0 Å². The average molecular weight is 346 g/mol. The number of nitrogens with one attached hydrogen (secondary N) is 1. The second kappa shape index (κ2) is 6.51. The zero-order valence-electron chi connectivity index (χ0n) is 13.8. The summed E-state index contributed by atoms with van der Waals surface area (Å²) in [5, 5.41) is 3.90. The summed E-state index contributed by atoms with van der Waals surface area (Å²) in [5.74, 6) is -0.351. The van der Waals surface area contributed by atoms with E-state index in [4.69, 9.17) is 0 Å². The first-order valence-corrected chi connectivity index (χ1v) is 10.1. The molecule has 0 spiro atoms. The number of nitrogens with zero attached hydrogens (tertiary/aromatic N) is 1. The molecular weight excluding hydrogens is 324 g/mol. The molecule has 0 radical (unpaired) electrons. The molecule has 128 valence electrons. The minimum Gasteiger partial charge on any atom is -0.354 e. The Hall–Kier alpha value is -1.95. The fourth-order valence-corrected chi connectivity index (χ4v) is 4.99. The molecule has 5 nitrogen and oxygen atoms in total. The molecule has 0 aliphatic heterocycles. The lowest BCUT2D eigenvalue weighted by Crippen LogP contribution is -2.50. The van der Waals surface area contributed by atoms with Gasteiger partial charge >= 0.3 is 0 Å². The molecule has 1 saturated carbocycles. The minimum atomic E-state index is -3.42. The van der Waals surface area contributed by atoms with Gasteiger partial charge in [-0.15, -0.1) is 0 Å². The van der Waals surface area contributed by atoms with Gasteiger partial charge in [0.15, 0.2) is 9.84 Å². The first-order chi connectivity index (χ1) is 11.4. The summed E-state index contributed by atoms with van der Waals surface area (Å²) in [5.41, 5.74) is 1.97. The van der Waals surface area contributed by atoms with Crippen LogP contribution in [0.15, 0.2) is 36.5 Å². The molecule has 1 aliphatic rings. The second-order valence-electron chi connectivity index (χ2n) is 6.47. The van der Waals surface area contributed by atoms with Crippen LogP contribution < -0.4 is 5.32 Å². The molecule has 1 aromatic heterocycles. The van der Waals surface area contributed by atoms with Crippen molar-refractivity contribution in [2.24, 2.45) is 0 Å². The van der Waals surface area contributed by atoms with Gasteiger partial charge in [0, 0.05) is 24.4 Å². The third kappa shape index (κ3) is 3.02. The number of fused-ring (bicyclic) bond motifs is 1. The monoisotopic (exact) mass is 346 g/mol. The molecule has 3 rings (SSSR count). The van der Waals surface area contributed by atoms with Crippen molar-refractivity contribution in [1.29, 1.82) is 0 Å². The Bertz CT molecular complexity index is 850. The standard InChI is InChI=1S/C18H22N2O3S/c1-24(22,23)18(10-2-3-11-18)17(21)20-13-9-15-7-4-6-14-8-5-12-19-16(14)15/h4-8,12H,2-3,9-11,13H2,1H3,(H,20,21). The van der Waals surface area contributed by atoms with Gasteiger partial charge in [0.2, 0.25) is 5.91 Å². The highest BCUT2D eigenvalue weighted by atomic mass is 32.2. The van der Waals surface area contributed by atoms with E-state index in [0.29, 0.717) is 25.8 Å². The average Bonchev–Trinajstić information content (AvgIpc) is 3.06. The minimum absolute atomic E-state index is 0.351. The fraction of sp³-hybridized carbons (Fsp3) is 0.444. The van der Waals surface area contributed by atoms with Gasteiger partial charge in [-0.3, -0.25) is 9.78 Å². The summed E-state index contributed by atoms with van der Waals surface area (Å²) in [4.78, 5) is 17.0. The van der Waals surface area contributed by atoms with Gasteiger partial charge in [-0.05, 0) is 30.9 Å². The van der Waals surface area contributed by atoms with Gasteiger partial charge in [0.25, 0.3) is 0 Å². The van der Waals surface area contributed by atoms with Gasteiger partial charge in [-0.25, -0.2) is 8.42 Å². The second-order valence-corrected chi connectivity index (χ2v) is 8.80. The number of hydrogen-bond donors (Lipinski definition) is 1. The van der Waals surface area contributed by atoms with E-state index in [1.165, 1.54) is 6.26 Å². The summed E-state index contributed by atoms with van der Waals surface area (Å²) < 4.78 is 23.0. The van der Waals surface area contributed by atoms with E-state index in [1.54, 1.807) is 6.20 Å². The summed E-state index contributed by atoms with van der Waals surface area (Å²) >= 11 is 0. The maximum Gasteiger partial charge on any atom is 0.241 e. The van der Waals surface area contributed by atoms with Crippen LogP contribution in [0.3, 0.4) is 0 Å². The van der Waals surface area contributed by atoms with E-state index in [0.717, 1.165) is 29.3 Å². The van der Waals surface area contributed by atoms with Crippen molar-refractivity contribution in [1.82, 2.24) is 10.3 Å². The lowest BCUT2D eigenvalue weighted by molar-refractivity contribution is -0.123. The van der Waals surface area contributed by atoms with Crippen molar-refractivity contribution in [3.05, 3.63) is 42.1 Å². The molecule has 2 aromatic rings. The highest BCUT2D eigenvalue weighted by Gasteiger charge is 2.49. The number of rotatable bonds is 5. The number of carbonyl (C=O) groups excluding carboxylic acids is 1. The first-order valence-electron chi connectivity index (χ1n) is 8.25. The molecule has 0 atom stereocenters. The molecule has 6 heteroatoms. The van der Waals surface area contributed by atoms with Crippen LogP contribution in [0.5, 0.6) is 0 Å². The lowest BCUT2D eigenvalue weighted by atomic mass is 10.1. The smallest absolute Gasteiger partial charge is 0.241 e. The van der Waals surface area contributed by atoms with Gasteiger partial charge in [0.1, 0.15) is 4.75 Å². The summed E-state index contributed by atoms with van der Waals surface area (Å²) in [6, 6.07) is 9.85. The van der Waals surface area contributed by atoms with Crippen LogP contribution in [0.4, 0.5) is 0 Å². The third-order valence-corrected chi connectivity index (χ3v) is 6.94. The Morgan fingerprint density at radius 2 is 1.92 bits per heavy atom. The molecular formula is C18H22N2O3S. The third-order valence-electron chi connectivity index (χ3n) is 4.93. The number of benzene rings is 1. The maximum absolute atomic E-state index is 12.6. The summed E-state index contributed by atoms with van der Waals surface area (Å²) in [6.07, 6.45) is 5.97. The zero-order chi connectivity index (χ0) is 17.2. The van der Waals surface area contributed by atoms with Crippen LogP contribution in [0.1, 0.15) is 31.2 Å². The number of hydrogen-bond acceptors (Lipinski definition) is 4. The van der Waals surface area contributed by atoms with Crippen molar-refractivity contribution in [3.63, 3.8) is 0 Å². The molecule has 1 fully saturated rings. The quantitative estimate of drug-likeness (QED) is 0.901. The molecule has 0 unspecified atom stereocenters. The molecule has 1 amide bonds. The normalized spacial score (nSPS) is 17.0. The van der Waals surface area contributed by atoms with Crippen molar-refractivity contribution in [2.75, 3.05) is 12.8 Å². The molecule has 0 bridgehead atoms. The van der Waals surface area contributed by atoms with E-state index in [-0.39, 0.29) is 5.91 Å². The van der Waals surface area contributed by atoms with Crippen molar-refractivity contribution < 1.29 is 13.2 Å². The van der Waals surface area contributed by atoms with Crippen LogP contribution >= 0.6 is 0 Å². The van der Waals surface area contributed by atoms with Gasteiger partial charge in [-0.2, -0.15) is 0 Å². The van der Waals surface area contributed by atoms with Crippen LogP contribution in [-0.4, -0.2) is 36.9 Å². The topological polar surface area (TPSA) is 76.1 Å². The predicted octanol–water partition coefficient (Wildman–Crippen LogP) is 2.25. The fourth-order valence-electron chi connectivity index (χ4n) is 3.55. The number of aromatic nitrogens is 1. The van der Waals surface area contributed by atoms with Crippen LogP contribution in [0.2, 0.25) is 0 Å². The Morgan fingerprint density at radius 1 is 1.21 bits per heavy atom. The van der Waals surface area contributed by atoms with E-state index < -0.39 is 14.6 Å². The summed E-state index contributed by atoms with van der Waals surface area (Å²) in [6.45, 7) is 0.409. The SMILES string of the molecule is CS(=O)(=O)C1(C(=O)NCCc2cccc3cccnc23)CCCC1. The van der Waals surface area contributed by atoms with E-state index >= 15 is 0 Å². The Balaban J connectivity index is 1.71. The number of sulfone groups is 1. The number of pyridine rings is 1. The molecule has 1 aliphatic carbocycles. The van der Waals surface area contributed by atoms with Crippen LogP contribution in [-0.2, 0) is 21.1 Å². The zero-order valence-corrected chi connectivity index (χ0v) is 14.6. The molecule has 1 aromatic carbocycles. The van der Waals surface area contributed by atoms with Crippen molar-refractivity contribution in [2.45, 2.75) is 36.9 Å². The Labute approximate surface area is 142 Å². The number of para-hydroxylation sites is 1. The largest absolute Gasteiger partial charge is 0.354 e. The Morgan fingerprint density at radius 3 is 2.62 bits per heavy atom. The van der Waals surface area contributed by atoms with Crippen LogP contribution in [0.25, 0.3) is 10.9 Å². The maximum atomic E-state index is 12.6. The number of carbonyl (C=O) groups is 1.